The normalized spacial score (nSPS) is 10.7. The molecule has 0 radical (unpaired) electrons. The van der Waals surface area contributed by atoms with Crippen molar-refractivity contribution in [3.05, 3.63) is 83.9 Å². The predicted octanol–water partition coefficient (Wildman–Crippen LogP) is 3.74. The number of rotatable bonds is 7. The van der Waals surface area contributed by atoms with Crippen LogP contribution in [-0.2, 0) is 9.53 Å². The molecule has 6 nitrogen and oxygen atoms in total. The van der Waals surface area contributed by atoms with Gasteiger partial charge in [-0.05, 0) is 58.9 Å². The first-order valence-corrected chi connectivity index (χ1v) is 10.1. The van der Waals surface area contributed by atoms with Crippen molar-refractivity contribution in [3.8, 4) is 0 Å². The molecular weight excluding hydrogens is 410 g/mol. The van der Waals surface area contributed by atoms with E-state index in [2.05, 4.69) is 16.0 Å². The monoisotopic (exact) mass is 433 g/mol. The number of thiocarbonyl (C=S) groups is 1. The molecule has 2 amide bonds. The van der Waals surface area contributed by atoms with Gasteiger partial charge in [-0.3, -0.25) is 14.9 Å². The van der Waals surface area contributed by atoms with E-state index in [-0.39, 0.29) is 16.9 Å². The first-order chi connectivity index (χ1) is 15.1. The molecule has 0 saturated heterocycles. The number of ether oxygens (including phenoxy) is 1. The van der Waals surface area contributed by atoms with Crippen LogP contribution in [0.25, 0.3) is 16.8 Å². The standard InChI is InChI=1S/C24H23N3O3S/c1-30-16-15-25-23(29)19-9-12-20(13-10-19)26-24(31)27-22(28)14-11-18-7-4-6-17-5-2-3-8-21(17)18/h2-14H,15-16H2,1H3,(H,25,29)(H2,26,27,28,31)/b14-11+. The number of carbonyl (C=O) groups is 2. The highest BCUT2D eigenvalue weighted by atomic mass is 32.1. The van der Waals surface area contributed by atoms with Gasteiger partial charge in [-0.25, -0.2) is 0 Å². The average Bonchev–Trinajstić information content (AvgIpc) is 2.78. The third-order valence-corrected chi connectivity index (χ3v) is 4.68. The zero-order chi connectivity index (χ0) is 22.1. The highest BCUT2D eigenvalue weighted by molar-refractivity contribution is 7.80. The van der Waals surface area contributed by atoms with Crippen LogP contribution in [0.1, 0.15) is 15.9 Å². The van der Waals surface area contributed by atoms with Crippen molar-refractivity contribution in [1.82, 2.24) is 10.6 Å². The summed E-state index contributed by atoms with van der Waals surface area (Å²) in [6.07, 6.45) is 3.21. The quantitative estimate of drug-likeness (QED) is 0.301. The van der Waals surface area contributed by atoms with Crippen LogP contribution in [0.3, 0.4) is 0 Å². The minimum absolute atomic E-state index is 0.171. The molecule has 0 spiro atoms. The molecular formula is C24H23N3O3S. The minimum atomic E-state index is -0.334. The summed E-state index contributed by atoms with van der Waals surface area (Å²) in [4.78, 5) is 24.2. The van der Waals surface area contributed by atoms with E-state index >= 15 is 0 Å². The molecule has 3 rings (SSSR count). The van der Waals surface area contributed by atoms with Gasteiger partial charge in [-0.1, -0.05) is 42.5 Å². The Balaban J connectivity index is 1.53. The molecule has 0 aliphatic carbocycles. The molecule has 3 aromatic rings. The Kier molecular flexibility index (Phi) is 7.86. The third kappa shape index (κ3) is 6.47. The Morgan fingerprint density at radius 1 is 1.00 bits per heavy atom. The Morgan fingerprint density at radius 3 is 2.52 bits per heavy atom. The minimum Gasteiger partial charge on any atom is -0.383 e. The largest absolute Gasteiger partial charge is 0.383 e. The summed E-state index contributed by atoms with van der Waals surface area (Å²) in [6.45, 7) is 0.895. The van der Waals surface area contributed by atoms with Gasteiger partial charge in [0.2, 0.25) is 5.91 Å². The van der Waals surface area contributed by atoms with Gasteiger partial charge in [0.25, 0.3) is 5.91 Å². The van der Waals surface area contributed by atoms with Gasteiger partial charge in [0.15, 0.2) is 5.11 Å². The lowest BCUT2D eigenvalue weighted by Crippen LogP contribution is -2.32. The number of fused-ring (bicyclic) bond motifs is 1. The molecule has 0 atom stereocenters. The highest BCUT2D eigenvalue weighted by Gasteiger charge is 2.06. The fraction of sp³-hybridized carbons (Fsp3) is 0.125. The number of hydrogen-bond donors (Lipinski definition) is 3. The smallest absolute Gasteiger partial charge is 0.251 e. The second kappa shape index (κ2) is 11.0. The molecule has 0 aromatic heterocycles. The first-order valence-electron chi connectivity index (χ1n) is 9.72. The molecule has 3 N–H and O–H groups in total. The number of hydrogen-bond acceptors (Lipinski definition) is 4. The molecule has 0 saturated carbocycles. The third-order valence-electron chi connectivity index (χ3n) is 4.47. The Morgan fingerprint density at radius 2 is 1.74 bits per heavy atom. The van der Waals surface area contributed by atoms with Crippen LogP contribution in [0.4, 0.5) is 5.69 Å². The molecule has 0 aliphatic heterocycles. The van der Waals surface area contributed by atoms with E-state index in [1.807, 2.05) is 42.5 Å². The van der Waals surface area contributed by atoms with Crippen molar-refractivity contribution >= 4 is 51.7 Å². The van der Waals surface area contributed by atoms with Crippen molar-refractivity contribution in [2.24, 2.45) is 0 Å². The van der Waals surface area contributed by atoms with Gasteiger partial charge in [-0.15, -0.1) is 0 Å². The lowest BCUT2D eigenvalue weighted by atomic mass is 10.0. The summed E-state index contributed by atoms with van der Waals surface area (Å²) >= 11 is 5.21. The van der Waals surface area contributed by atoms with E-state index in [1.54, 1.807) is 37.5 Å². The fourth-order valence-corrected chi connectivity index (χ4v) is 3.17. The summed E-state index contributed by atoms with van der Waals surface area (Å²) in [5.74, 6) is -0.516. The second-order valence-corrected chi connectivity index (χ2v) is 7.08. The lowest BCUT2D eigenvalue weighted by Gasteiger charge is -2.09. The van der Waals surface area contributed by atoms with E-state index in [1.165, 1.54) is 6.08 Å². The fourth-order valence-electron chi connectivity index (χ4n) is 2.95. The maximum atomic E-state index is 12.2. The van der Waals surface area contributed by atoms with Crippen LogP contribution < -0.4 is 16.0 Å². The van der Waals surface area contributed by atoms with Crippen molar-refractivity contribution < 1.29 is 14.3 Å². The van der Waals surface area contributed by atoms with Crippen molar-refractivity contribution in [3.63, 3.8) is 0 Å². The molecule has 31 heavy (non-hydrogen) atoms. The summed E-state index contributed by atoms with van der Waals surface area (Å²) < 4.78 is 4.91. The number of methoxy groups -OCH3 is 1. The molecule has 0 bridgehead atoms. The van der Waals surface area contributed by atoms with Crippen LogP contribution >= 0.6 is 12.2 Å². The molecule has 158 valence electrons. The Bertz CT molecular complexity index is 1110. The Hall–Kier alpha value is -3.55. The first kappa shape index (κ1) is 22.1. The van der Waals surface area contributed by atoms with Crippen LogP contribution in [-0.4, -0.2) is 37.2 Å². The molecule has 3 aromatic carbocycles. The zero-order valence-electron chi connectivity index (χ0n) is 17.1. The average molecular weight is 434 g/mol. The lowest BCUT2D eigenvalue weighted by molar-refractivity contribution is -0.115. The van der Waals surface area contributed by atoms with E-state index in [4.69, 9.17) is 17.0 Å². The number of nitrogens with one attached hydrogen (secondary N) is 3. The van der Waals surface area contributed by atoms with Crippen molar-refractivity contribution in [2.75, 3.05) is 25.6 Å². The molecule has 0 unspecified atom stereocenters. The molecule has 0 heterocycles. The van der Waals surface area contributed by atoms with Crippen LogP contribution in [0.2, 0.25) is 0 Å². The van der Waals surface area contributed by atoms with Gasteiger partial charge < -0.3 is 15.4 Å². The van der Waals surface area contributed by atoms with Crippen LogP contribution in [0, 0.1) is 0 Å². The van der Waals surface area contributed by atoms with E-state index in [9.17, 15) is 9.59 Å². The number of amides is 2. The second-order valence-electron chi connectivity index (χ2n) is 6.67. The summed E-state index contributed by atoms with van der Waals surface area (Å²) in [5, 5.41) is 10.7. The number of carbonyl (C=O) groups excluding carboxylic acids is 2. The zero-order valence-corrected chi connectivity index (χ0v) is 17.9. The van der Waals surface area contributed by atoms with Crippen molar-refractivity contribution in [1.29, 1.82) is 0 Å². The summed E-state index contributed by atoms with van der Waals surface area (Å²) in [5.41, 5.74) is 2.14. The van der Waals surface area contributed by atoms with Gasteiger partial charge in [-0.2, -0.15) is 0 Å². The number of benzene rings is 3. The summed E-state index contributed by atoms with van der Waals surface area (Å²) in [7, 11) is 1.58. The summed E-state index contributed by atoms with van der Waals surface area (Å²) in [6, 6.07) is 20.7. The van der Waals surface area contributed by atoms with Gasteiger partial charge in [0.1, 0.15) is 0 Å². The van der Waals surface area contributed by atoms with Gasteiger partial charge >= 0.3 is 0 Å². The topological polar surface area (TPSA) is 79.5 Å². The van der Waals surface area contributed by atoms with Gasteiger partial charge in [0, 0.05) is 31.0 Å². The number of anilines is 1. The molecule has 0 aliphatic rings. The maximum Gasteiger partial charge on any atom is 0.251 e. The SMILES string of the molecule is COCCNC(=O)c1ccc(NC(=S)NC(=O)/C=C/c2cccc3ccccc23)cc1. The highest BCUT2D eigenvalue weighted by Crippen LogP contribution is 2.19. The maximum absolute atomic E-state index is 12.2. The van der Waals surface area contributed by atoms with E-state index < -0.39 is 0 Å². The van der Waals surface area contributed by atoms with E-state index in [0.29, 0.717) is 24.4 Å². The van der Waals surface area contributed by atoms with E-state index in [0.717, 1.165) is 16.3 Å². The Labute approximate surface area is 186 Å². The predicted molar refractivity (Wildman–Crippen MR) is 128 cm³/mol. The van der Waals surface area contributed by atoms with Crippen LogP contribution in [0.15, 0.2) is 72.8 Å². The van der Waals surface area contributed by atoms with Gasteiger partial charge in [0.05, 0.1) is 6.61 Å². The molecule has 7 heteroatoms. The van der Waals surface area contributed by atoms with Crippen LogP contribution in [0.5, 0.6) is 0 Å². The van der Waals surface area contributed by atoms with Crippen molar-refractivity contribution in [2.45, 2.75) is 0 Å². The molecule has 0 fully saturated rings.